The van der Waals surface area contributed by atoms with Crippen molar-refractivity contribution in [3.05, 3.63) is 53.8 Å². The first-order chi connectivity index (χ1) is 10.5. The van der Waals surface area contributed by atoms with Crippen molar-refractivity contribution in [2.45, 2.75) is 19.9 Å². The standard InChI is InChI=1S/C17H19FN2O2/c1-11(13-4-6-14(18)7-5-13)19-16-10-15(20-12(2)21)8-9-17(16)22-3/h4-11,19H,1-3H3,(H,20,21)/t11-/m0/s1. The number of carbonyl (C=O) groups is 1. The van der Waals surface area contributed by atoms with Gasteiger partial charge in [-0.2, -0.15) is 0 Å². The van der Waals surface area contributed by atoms with Gasteiger partial charge in [0.05, 0.1) is 12.8 Å². The summed E-state index contributed by atoms with van der Waals surface area (Å²) in [7, 11) is 1.58. The fraction of sp³-hybridized carbons (Fsp3) is 0.235. The SMILES string of the molecule is COc1ccc(NC(C)=O)cc1N[C@@H](C)c1ccc(F)cc1. The molecule has 1 amide bonds. The number of anilines is 2. The minimum Gasteiger partial charge on any atom is -0.495 e. The highest BCUT2D eigenvalue weighted by atomic mass is 19.1. The summed E-state index contributed by atoms with van der Waals surface area (Å²) in [5.41, 5.74) is 2.39. The molecular weight excluding hydrogens is 283 g/mol. The van der Waals surface area contributed by atoms with E-state index in [1.807, 2.05) is 6.92 Å². The lowest BCUT2D eigenvalue weighted by Crippen LogP contribution is -2.10. The lowest BCUT2D eigenvalue weighted by Gasteiger charge is -2.19. The number of hydrogen-bond donors (Lipinski definition) is 2. The van der Waals surface area contributed by atoms with Crippen LogP contribution in [0.15, 0.2) is 42.5 Å². The molecule has 1 atom stereocenters. The quantitative estimate of drug-likeness (QED) is 0.878. The number of rotatable bonds is 5. The van der Waals surface area contributed by atoms with Gasteiger partial charge in [-0.05, 0) is 42.8 Å². The zero-order chi connectivity index (χ0) is 16.1. The van der Waals surface area contributed by atoms with E-state index in [1.165, 1.54) is 19.1 Å². The summed E-state index contributed by atoms with van der Waals surface area (Å²) in [5, 5.41) is 6.04. The van der Waals surface area contributed by atoms with Gasteiger partial charge in [0.15, 0.2) is 0 Å². The van der Waals surface area contributed by atoms with Gasteiger partial charge < -0.3 is 15.4 Å². The molecule has 0 aromatic heterocycles. The molecule has 116 valence electrons. The summed E-state index contributed by atoms with van der Waals surface area (Å²) >= 11 is 0. The molecule has 0 heterocycles. The molecule has 0 aliphatic carbocycles. The largest absolute Gasteiger partial charge is 0.495 e. The highest BCUT2D eigenvalue weighted by molar-refractivity contribution is 5.89. The number of carbonyl (C=O) groups excluding carboxylic acids is 1. The van der Waals surface area contributed by atoms with E-state index >= 15 is 0 Å². The Morgan fingerprint density at radius 1 is 1.18 bits per heavy atom. The van der Waals surface area contributed by atoms with E-state index in [0.717, 1.165) is 11.3 Å². The molecule has 5 heteroatoms. The Bertz CT molecular complexity index is 656. The van der Waals surface area contributed by atoms with E-state index in [9.17, 15) is 9.18 Å². The smallest absolute Gasteiger partial charge is 0.221 e. The van der Waals surface area contributed by atoms with Crippen LogP contribution in [-0.4, -0.2) is 13.0 Å². The maximum atomic E-state index is 13.0. The third kappa shape index (κ3) is 3.97. The van der Waals surface area contributed by atoms with Gasteiger partial charge in [0, 0.05) is 18.7 Å². The topological polar surface area (TPSA) is 50.4 Å². The minimum absolute atomic E-state index is 0.0397. The lowest BCUT2D eigenvalue weighted by molar-refractivity contribution is -0.114. The molecular formula is C17H19FN2O2. The number of benzene rings is 2. The van der Waals surface area contributed by atoms with Gasteiger partial charge in [0.25, 0.3) is 0 Å². The molecule has 2 aromatic carbocycles. The highest BCUT2D eigenvalue weighted by Crippen LogP contribution is 2.31. The maximum Gasteiger partial charge on any atom is 0.221 e. The van der Waals surface area contributed by atoms with Gasteiger partial charge in [-0.25, -0.2) is 4.39 Å². The molecule has 0 saturated heterocycles. The molecule has 4 nitrogen and oxygen atoms in total. The number of ether oxygens (including phenoxy) is 1. The van der Waals surface area contributed by atoms with Crippen molar-refractivity contribution < 1.29 is 13.9 Å². The third-order valence-corrected chi connectivity index (χ3v) is 3.26. The van der Waals surface area contributed by atoms with Gasteiger partial charge in [0.1, 0.15) is 11.6 Å². The monoisotopic (exact) mass is 302 g/mol. The highest BCUT2D eigenvalue weighted by Gasteiger charge is 2.10. The summed E-state index contributed by atoms with van der Waals surface area (Å²) in [6, 6.07) is 11.6. The van der Waals surface area contributed by atoms with Gasteiger partial charge >= 0.3 is 0 Å². The molecule has 0 fully saturated rings. The van der Waals surface area contributed by atoms with E-state index in [-0.39, 0.29) is 17.8 Å². The second kappa shape index (κ2) is 6.93. The molecule has 0 bridgehead atoms. The van der Waals surface area contributed by atoms with Gasteiger partial charge in [-0.1, -0.05) is 12.1 Å². The zero-order valence-corrected chi connectivity index (χ0v) is 12.8. The van der Waals surface area contributed by atoms with Crippen LogP contribution < -0.4 is 15.4 Å². The Morgan fingerprint density at radius 2 is 1.86 bits per heavy atom. The van der Waals surface area contributed by atoms with Gasteiger partial charge in [0.2, 0.25) is 5.91 Å². The molecule has 0 spiro atoms. The maximum absolute atomic E-state index is 13.0. The second-order valence-corrected chi connectivity index (χ2v) is 5.01. The van der Waals surface area contributed by atoms with Gasteiger partial charge in [-0.3, -0.25) is 4.79 Å². The predicted molar refractivity (Wildman–Crippen MR) is 85.7 cm³/mol. The van der Waals surface area contributed by atoms with Crippen LogP contribution in [0.3, 0.4) is 0 Å². The van der Waals surface area contributed by atoms with E-state index in [4.69, 9.17) is 4.74 Å². The second-order valence-electron chi connectivity index (χ2n) is 5.01. The Labute approximate surface area is 129 Å². The van der Waals surface area contributed by atoms with Crippen molar-refractivity contribution in [1.82, 2.24) is 0 Å². The summed E-state index contributed by atoms with van der Waals surface area (Å²) in [6.45, 7) is 3.43. The van der Waals surface area contributed by atoms with Crippen molar-refractivity contribution >= 4 is 17.3 Å². The van der Waals surface area contributed by atoms with Crippen LogP contribution in [0.25, 0.3) is 0 Å². The Balaban J connectivity index is 2.22. The van der Waals surface area contributed by atoms with Crippen LogP contribution in [0, 0.1) is 5.82 Å². The van der Waals surface area contributed by atoms with Crippen molar-refractivity contribution in [3.8, 4) is 5.75 Å². The van der Waals surface area contributed by atoms with Crippen LogP contribution in [0.1, 0.15) is 25.5 Å². The molecule has 0 aliphatic heterocycles. The van der Waals surface area contributed by atoms with Crippen LogP contribution in [0.2, 0.25) is 0 Å². The minimum atomic E-state index is -0.263. The first kappa shape index (κ1) is 15.8. The van der Waals surface area contributed by atoms with E-state index < -0.39 is 0 Å². The summed E-state index contributed by atoms with van der Waals surface area (Å²) in [6.07, 6.45) is 0. The van der Waals surface area contributed by atoms with Crippen molar-refractivity contribution in [2.75, 3.05) is 17.7 Å². The molecule has 22 heavy (non-hydrogen) atoms. The summed E-state index contributed by atoms with van der Waals surface area (Å²) < 4.78 is 18.3. The molecule has 0 saturated carbocycles. The predicted octanol–water partition coefficient (Wildman–Crippen LogP) is 3.97. The van der Waals surface area contributed by atoms with E-state index in [2.05, 4.69) is 10.6 Å². The third-order valence-electron chi connectivity index (χ3n) is 3.26. The number of hydrogen-bond acceptors (Lipinski definition) is 3. The zero-order valence-electron chi connectivity index (χ0n) is 12.8. The lowest BCUT2D eigenvalue weighted by atomic mass is 10.1. The van der Waals surface area contributed by atoms with Crippen LogP contribution in [0.4, 0.5) is 15.8 Å². The van der Waals surface area contributed by atoms with Crippen LogP contribution >= 0.6 is 0 Å². The number of amides is 1. The Morgan fingerprint density at radius 3 is 2.45 bits per heavy atom. The first-order valence-electron chi connectivity index (χ1n) is 6.97. The fourth-order valence-electron chi connectivity index (χ4n) is 2.17. The molecule has 2 N–H and O–H groups in total. The Kier molecular flexibility index (Phi) is 4.99. The van der Waals surface area contributed by atoms with Crippen molar-refractivity contribution in [1.29, 1.82) is 0 Å². The molecule has 0 aliphatic rings. The van der Waals surface area contributed by atoms with E-state index in [0.29, 0.717) is 11.4 Å². The normalized spacial score (nSPS) is 11.6. The first-order valence-corrected chi connectivity index (χ1v) is 6.97. The average molecular weight is 302 g/mol. The Hall–Kier alpha value is -2.56. The fourth-order valence-corrected chi connectivity index (χ4v) is 2.17. The van der Waals surface area contributed by atoms with Crippen molar-refractivity contribution in [3.63, 3.8) is 0 Å². The number of nitrogens with one attached hydrogen (secondary N) is 2. The number of halogens is 1. The van der Waals surface area contributed by atoms with E-state index in [1.54, 1.807) is 37.4 Å². The summed E-state index contributed by atoms with van der Waals surface area (Å²) in [4.78, 5) is 11.2. The molecule has 2 aromatic rings. The van der Waals surface area contributed by atoms with Crippen molar-refractivity contribution in [2.24, 2.45) is 0 Å². The van der Waals surface area contributed by atoms with Gasteiger partial charge in [-0.15, -0.1) is 0 Å². The summed E-state index contributed by atoms with van der Waals surface area (Å²) in [5.74, 6) is 0.270. The number of methoxy groups -OCH3 is 1. The average Bonchev–Trinajstić information content (AvgIpc) is 2.47. The molecule has 2 rings (SSSR count). The van der Waals surface area contributed by atoms with Crippen LogP contribution in [0.5, 0.6) is 5.75 Å². The molecule has 0 unspecified atom stereocenters. The van der Waals surface area contributed by atoms with Crippen LogP contribution in [-0.2, 0) is 4.79 Å². The molecule has 0 radical (unpaired) electrons.